The maximum atomic E-state index is 13.0. The second-order valence-corrected chi connectivity index (χ2v) is 6.45. The van der Waals surface area contributed by atoms with E-state index in [2.05, 4.69) is 0 Å². The fraction of sp³-hybridized carbons (Fsp3) is 0.174. The number of hydrogen-bond donors (Lipinski definition) is 1. The maximum Gasteiger partial charge on any atom is 0.348 e. The quantitative estimate of drug-likeness (QED) is 0.701. The Kier molecular flexibility index (Phi) is 5.19. The molecule has 0 saturated heterocycles. The predicted octanol–water partition coefficient (Wildman–Crippen LogP) is 4.28. The van der Waals surface area contributed by atoms with Gasteiger partial charge in [-0.15, -0.1) is 0 Å². The molecule has 3 heteroatoms. The molecule has 0 fully saturated rings. The smallest absolute Gasteiger partial charge is 0.348 e. The van der Waals surface area contributed by atoms with Gasteiger partial charge in [0.15, 0.2) is 0 Å². The summed E-state index contributed by atoms with van der Waals surface area (Å²) in [4.78, 5) is 13.0. The van der Waals surface area contributed by atoms with Gasteiger partial charge in [0, 0.05) is 0 Å². The minimum absolute atomic E-state index is 0.119. The van der Waals surface area contributed by atoms with Gasteiger partial charge in [-0.1, -0.05) is 84.4 Å². The first-order chi connectivity index (χ1) is 12.5. The summed E-state index contributed by atoms with van der Waals surface area (Å²) in [6.45, 7) is 4.09. The van der Waals surface area contributed by atoms with E-state index in [-0.39, 0.29) is 6.61 Å². The van der Waals surface area contributed by atoms with Crippen molar-refractivity contribution < 1.29 is 14.6 Å². The lowest BCUT2D eigenvalue weighted by Gasteiger charge is -2.27. The molecule has 0 aliphatic rings. The van der Waals surface area contributed by atoms with Crippen LogP contribution in [0.15, 0.2) is 78.9 Å². The summed E-state index contributed by atoms with van der Waals surface area (Å²) in [7, 11) is 0. The lowest BCUT2D eigenvalue weighted by molar-refractivity contribution is -0.163. The highest BCUT2D eigenvalue weighted by atomic mass is 16.5. The van der Waals surface area contributed by atoms with Gasteiger partial charge in [0.25, 0.3) is 0 Å². The number of aryl methyl sites for hydroxylation is 2. The first kappa shape index (κ1) is 17.9. The third-order valence-electron chi connectivity index (χ3n) is 4.54. The molecule has 0 spiro atoms. The highest BCUT2D eigenvalue weighted by Gasteiger charge is 2.41. The van der Waals surface area contributed by atoms with E-state index >= 15 is 0 Å². The molecule has 3 aromatic rings. The number of carbonyl (C=O) groups excluding carboxylic acids is 1. The van der Waals surface area contributed by atoms with E-state index in [4.69, 9.17) is 4.74 Å². The van der Waals surface area contributed by atoms with Gasteiger partial charge in [-0.3, -0.25) is 0 Å². The Morgan fingerprint density at radius 2 is 1.42 bits per heavy atom. The molecule has 0 bridgehead atoms. The van der Waals surface area contributed by atoms with Crippen LogP contribution in [0.3, 0.4) is 0 Å². The van der Waals surface area contributed by atoms with Gasteiger partial charge >= 0.3 is 5.97 Å². The van der Waals surface area contributed by atoms with Gasteiger partial charge in [-0.2, -0.15) is 0 Å². The second-order valence-electron chi connectivity index (χ2n) is 6.45. The van der Waals surface area contributed by atoms with E-state index in [1.807, 2.05) is 44.2 Å². The normalized spacial score (nSPS) is 11.2. The SMILES string of the molecule is Cc1ccc(C)c(COC(=O)C(O)(c2ccccc2)c2ccccc2)c1. The number of carbonyl (C=O) groups is 1. The number of ether oxygens (including phenoxy) is 1. The van der Waals surface area contributed by atoms with Crippen LogP contribution in [-0.4, -0.2) is 11.1 Å². The average molecular weight is 346 g/mol. The molecule has 132 valence electrons. The topological polar surface area (TPSA) is 46.5 Å². The average Bonchev–Trinajstić information content (AvgIpc) is 2.69. The molecule has 0 saturated carbocycles. The zero-order valence-corrected chi connectivity index (χ0v) is 15.0. The van der Waals surface area contributed by atoms with E-state index in [1.54, 1.807) is 48.5 Å². The molecule has 0 heterocycles. The van der Waals surface area contributed by atoms with Gasteiger partial charge in [0.1, 0.15) is 6.61 Å². The molecular formula is C23H22O3. The largest absolute Gasteiger partial charge is 0.458 e. The van der Waals surface area contributed by atoms with Gasteiger partial charge < -0.3 is 9.84 Å². The summed E-state index contributed by atoms with van der Waals surface area (Å²) in [6.07, 6.45) is 0. The molecule has 0 amide bonds. The Morgan fingerprint density at radius 1 is 0.885 bits per heavy atom. The molecule has 0 aromatic heterocycles. The summed E-state index contributed by atoms with van der Waals surface area (Å²) < 4.78 is 5.55. The summed E-state index contributed by atoms with van der Waals surface area (Å²) >= 11 is 0. The van der Waals surface area contributed by atoms with Crippen LogP contribution in [-0.2, 0) is 21.7 Å². The molecule has 0 aliphatic heterocycles. The van der Waals surface area contributed by atoms with E-state index in [0.29, 0.717) is 11.1 Å². The first-order valence-electron chi connectivity index (χ1n) is 8.58. The second kappa shape index (κ2) is 7.54. The fourth-order valence-corrected chi connectivity index (χ4v) is 2.96. The number of hydrogen-bond acceptors (Lipinski definition) is 3. The van der Waals surface area contributed by atoms with Crippen LogP contribution in [0.5, 0.6) is 0 Å². The van der Waals surface area contributed by atoms with E-state index in [9.17, 15) is 9.90 Å². The first-order valence-corrected chi connectivity index (χ1v) is 8.58. The molecule has 0 radical (unpaired) electrons. The molecular weight excluding hydrogens is 324 g/mol. The van der Waals surface area contributed by atoms with Crippen molar-refractivity contribution in [3.05, 3.63) is 107 Å². The zero-order chi connectivity index (χ0) is 18.6. The highest BCUT2D eigenvalue weighted by Crippen LogP contribution is 2.31. The van der Waals surface area contributed by atoms with Crippen molar-refractivity contribution in [3.8, 4) is 0 Å². The predicted molar refractivity (Wildman–Crippen MR) is 102 cm³/mol. The minimum Gasteiger partial charge on any atom is -0.458 e. The van der Waals surface area contributed by atoms with Gasteiger partial charge in [0.2, 0.25) is 5.60 Å². The summed E-state index contributed by atoms with van der Waals surface area (Å²) in [5.41, 5.74) is 2.20. The van der Waals surface area contributed by atoms with Crippen molar-refractivity contribution in [3.63, 3.8) is 0 Å². The fourth-order valence-electron chi connectivity index (χ4n) is 2.96. The van der Waals surface area contributed by atoms with Crippen molar-refractivity contribution in [1.29, 1.82) is 0 Å². The van der Waals surface area contributed by atoms with Gasteiger partial charge in [0.05, 0.1) is 0 Å². The number of rotatable bonds is 5. The molecule has 0 atom stereocenters. The third kappa shape index (κ3) is 3.53. The monoisotopic (exact) mass is 346 g/mol. The molecule has 3 rings (SSSR count). The summed E-state index contributed by atoms with van der Waals surface area (Å²) in [6, 6.07) is 23.8. The Hall–Kier alpha value is -2.91. The van der Waals surface area contributed by atoms with Crippen molar-refractivity contribution in [2.45, 2.75) is 26.1 Å². The summed E-state index contributed by atoms with van der Waals surface area (Å²) in [5, 5.41) is 11.3. The standard InChI is InChI=1S/C23H22O3/c1-17-13-14-18(2)19(15-17)16-26-22(24)23(25,20-9-5-3-6-10-20)21-11-7-4-8-12-21/h3-15,25H,16H2,1-2H3. The van der Waals surface area contributed by atoms with Crippen LogP contribution < -0.4 is 0 Å². The van der Waals surface area contributed by atoms with Crippen LogP contribution in [0.4, 0.5) is 0 Å². The lowest BCUT2D eigenvalue weighted by atomic mass is 9.86. The van der Waals surface area contributed by atoms with Crippen molar-refractivity contribution in [2.75, 3.05) is 0 Å². The zero-order valence-electron chi connectivity index (χ0n) is 15.0. The van der Waals surface area contributed by atoms with Crippen LogP contribution in [0.25, 0.3) is 0 Å². The van der Waals surface area contributed by atoms with E-state index in [0.717, 1.165) is 16.7 Å². The maximum absolute atomic E-state index is 13.0. The third-order valence-corrected chi connectivity index (χ3v) is 4.54. The van der Waals surface area contributed by atoms with Crippen molar-refractivity contribution in [1.82, 2.24) is 0 Å². The molecule has 3 aromatic carbocycles. The molecule has 1 N–H and O–H groups in total. The highest BCUT2D eigenvalue weighted by molar-refractivity contribution is 5.85. The molecule has 26 heavy (non-hydrogen) atoms. The van der Waals surface area contributed by atoms with Crippen molar-refractivity contribution >= 4 is 5.97 Å². The minimum atomic E-state index is -1.85. The number of esters is 1. The summed E-state index contributed by atoms with van der Waals surface area (Å²) in [5.74, 6) is -0.684. The van der Waals surface area contributed by atoms with E-state index < -0.39 is 11.6 Å². The molecule has 0 aliphatic carbocycles. The number of aliphatic hydroxyl groups is 1. The van der Waals surface area contributed by atoms with Crippen LogP contribution in [0.2, 0.25) is 0 Å². The van der Waals surface area contributed by atoms with E-state index in [1.165, 1.54) is 0 Å². The van der Waals surface area contributed by atoms with Crippen molar-refractivity contribution in [2.24, 2.45) is 0 Å². The van der Waals surface area contributed by atoms with Crippen LogP contribution in [0, 0.1) is 13.8 Å². The van der Waals surface area contributed by atoms with Crippen LogP contribution in [0.1, 0.15) is 27.8 Å². The lowest BCUT2D eigenvalue weighted by Crippen LogP contribution is -2.38. The Balaban J connectivity index is 1.92. The Morgan fingerprint density at radius 3 is 1.96 bits per heavy atom. The van der Waals surface area contributed by atoms with Crippen LogP contribution >= 0.6 is 0 Å². The molecule has 0 unspecified atom stereocenters. The van der Waals surface area contributed by atoms with Gasteiger partial charge in [-0.05, 0) is 36.1 Å². The number of benzene rings is 3. The van der Waals surface area contributed by atoms with Gasteiger partial charge in [-0.25, -0.2) is 4.79 Å². The molecule has 3 nitrogen and oxygen atoms in total. The Bertz CT molecular complexity index is 846. The Labute approximate surface area is 153 Å².